The number of rotatable bonds is 4. The lowest BCUT2D eigenvalue weighted by molar-refractivity contribution is 0.630. The molecule has 19 heavy (non-hydrogen) atoms. The van der Waals surface area contributed by atoms with Crippen LogP contribution in [-0.4, -0.2) is 6.54 Å². The Hall–Kier alpha value is -1.60. The van der Waals surface area contributed by atoms with Gasteiger partial charge in [-0.2, -0.15) is 0 Å². The fourth-order valence-electron chi connectivity index (χ4n) is 3.05. The van der Waals surface area contributed by atoms with Gasteiger partial charge in [-0.15, -0.1) is 0 Å². The van der Waals surface area contributed by atoms with Crippen molar-refractivity contribution < 1.29 is 0 Å². The lowest BCUT2D eigenvalue weighted by atomic mass is 9.95. The van der Waals surface area contributed by atoms with Gasteiger partial charge in [-0.3, -0.25) is 0 Å². The van der Waals surface area contributed by atoms with E-state index in [0.29, 0.717) is 6.04 Å². The smallest absolute Gasteiger partial charge is 0.0576 e. The maximum absolute atomic E-state index is 3.61. The van der Waals surface area contributed by atoms with Gasteiger partial charge in [-0.1, -0.05) is 55.5 Å². The largest absolute Gasteiger partial charge is 0.307 e. The second kappa shape index (κ2) is 5.58. The van der Waals surface area contributed by atoms with Crippen LogP contribution in [0.5, 0.6) is 0 Å². The van der Waals surface area contributed by atoms with E-state index in [1.165, 1.54) is 30.4 Å². The summed E-state index contributed by atoms with van der Waals surface area (Å²) in [5.41, 5.74) is 5.85. The molecule has 2 aromatic carbocycles. The molecular weight excluding hydrogens is 230 g/mol. The van der Waals surface area contributed by atoms with Gasteiger partial charge in [-0.05, 0) is 48.1 Å². The minimum Gasteiger partial charge on any atom is -0.307 e. The third kappa shape index (κ3) is 2.57. The first-order valence-corrected chi connectivity index (χ1v) is 7.28. The molecule has 2 aromatic rings. The van der Waals surface area contributed by atoms with Gasteiger partial charge in [0.15, 0.2) is 0 Å². The molecule has 0 bridgehead atoms. The molecule has 1 aliphatic rings. The van der Waals surface area contributed by atoms with Crippen LogP contribution in [0, 0.1) is 0 Å². The van der Waals surface area contributed by atoms with E-state index in [4.69, 9.17) is 0 Å². The van der Waals surface area contributed by atoms with E-state index in [9.17, 15) is 0 Å². The van der Waals surface area contributed by atoms with Gasteiger partial charge in [0.1, 0.15) is 0 Å². The van der Waals surface area contributed by atoms with Crippen LogP contribution in [-0.2, 0) is 12.8 Å². The second-order valence-electron chi connectivity index (χ2n) is 5.28. The topological polar surface area (TPSA) is 12.0 Å². The van der Waals surface area contributed by atoms with Crippen molar-refractivity contribution in [3.63, 3.8) is 0 Å². The average molecular weight is 251 g/mol. The summed E-state index contributed by atoms with van der Waals surface area (Å²) >= 11 is 0. The summed E-state index contributed by atoms with van der Waals surface area (Å²) in [5, 5.41) is 3.61. The zero-order valence-corrected chi connectivity index (χ0v) is 11.5. The molecule has 0 fully saturated rings. The molecule has 1 heteroatoms. The van der Waals surface area contributed by atoms with Crippen molar-refractivity contribution in [2.45, 2.75) is 32.2 Å². The predicted octanol–water partition coefficient (Wildman–Crippen LogP) is 3.87. The molecule has 0 aliphatic heterocycles. The minimum atomic E-state index is 0.317. The number of fused-ring (bicyclic) bond motifs is 1. The Balaban J connectivity index is 1.96. The Kier molecular flexibility index (Phi) is 3.65. The van der Waals surface area contributed by atoms with Crippen LogP contribution in [0.1, 0.15) is 41.6 Å². The summed E-state index contributed by atoms with van der Waals surface area (Å²) in [6.07, 6.45) is 3.82. The quantitative estimate of drug-likeness (QED) is 0.869. The van der Waals surface area contributed by atoms with Crippen molar-refractivity contribution >= 4 is 0 Å². The van der Waals surface area contributed by atoms with Crippen molar-refractivity contribution in [2.75, 3.05) is 6.54 Å². The van der Waals surface area contributed by atoms with E-state index in [-0.39, 0.29) is 0 Å². The van der Waals surface area contributed by atoms with Gasteiger partial charge in [0.05, 0.1) is 6.04 Å². The monoisotopic (exact) mass is 251 g/mol. The summed E-state index contributed by atoms with van der Waals surface area (Å²) in [6, 6.07) is 18.1. The molecule has 0 heterocycles. The second-order valence-corrected chi connectivity index (χ2v) is 5.28. The van der Waals surface area contributed by atoms with Crippen molar-refractivity contribution in [1.82, 2.24) is 5.32 Å². The van der Waals surface area contributed by atoms with Crippen LogP contribution in [0.2, 0.25) is 0 Å². The highest BCUT2D eigenvalue weighted by Crippen LogP contribution is 2.28. The summed E-state index contributed by atoms with van der Waals surface area (Å²) in [4.78, 5) is 0. The Morgan fingerprint density at radius 2 is 1.74 bits per heavy atom. The van der Waals surface area contributed by atoms with Crippen molar-refractivity contribution in [3.05, 3.63) is 70.8 Å². The maximum atomic E-state index is 3.61. The van der Waals surface area contributed by atoms with Crippen LogP contribution < -0.4 is 5.32 Å². The molecule has 98 valence electrons. The number of hydrogen-bond acceptors (Lipinski definition) is 1. The lowest BCUT2D eigenvalue weighted by Crippen LogP contribution is -2.22. The molecule has 1 nitrogen and oxygen atoms in total. The SMILES string of the molecule is CCNC(c1ccccc1)c1ccc2c(c1)CCC2. The van der Waals surface area contributed by atoms with Crippen LogP contribution in [0.3, 0.4) is 0 Å². The predicted molar refractivity (Wildman–Crippen MR) is 80.4 cm³/mol. The summed E-state index contributed by atoms with van der Waals surface area (Å²) < 4.78 is 0. The summed E-state index contributed by atoms with van der Waals surface area (Å²) in [6.45, 7) is 3.15. The number of aryl methyl sites for hydroxylation is 2. The third-order valence-electron chi connectivity index (χ3n) is 4.00. The molecule has 3 rings (SSSR count). The third-order valence-corrected chi connectivity index (χ3v) is 4.00. The minimum absolute atomic E-state index is 0.317. The van der Waals surface area contributed by atoms with E-state index in [2.05, 4.69) is 60.8 Å². The van der Waals surface area contributed by atoms with Crippen molar-refractivity contribution in [2.24, 2.45) is 0 Å². The molecule has 0 radical (unpaired) electrons. The molecule has 0 saturated heterocycles. The van der Waals surface area contributed by atoms with Gasteiger partial charge >= 0.3 is 0 Å². The van der Waals surface area contributed by atoms with E-state index >= 15 is 0 Å². The van der Waals surface area contributed by atoms with Crippen LogP contribution in [0.4, 0.5) is 0 Å². The highest BCUT2D eigenvalue weighted by Gasteiger charge is 2.16. The highest BCUT2D eigenvalue weighted by molar-refractivity contribution is 5.40. The van der Waals surface area contributed by atoms with Crippen molar-refractivity contribution in [1.29, 1.82) is 0 Å². The first kappa shape index (κ1) is 12.4. The molecule has 1 unspecified atom stereocenters. The normalized spacial score (nSPS) is 15.2. The van der Waals surface area contributed by atoms with Gasteiger partial charge in [0, 0.05) is 0 Å². The van der Waals surface area contributed by atoms with E-state index in [0.717, 1.165) is 6.54 Å². The number of benzene rings is 2. The fourth-order valence-corrected chi connectivity index (χ4v) is 3.05. The molecule has 0 amide bonds. The zero-order chi connectivity index (χ0) is 13.1. The Labute approximate surface area is 115 Å². The van der Waals surface area contributed by atoms with Gasteiger partial charge < -0.3 is 5.32 Å². The Morgan fingerprint density at radius 1 is 0.947 bits per heavy atom. The van der Waals surface area contributed by atoms with E-state index in [1.54, 1.807) is 11.1 Å². The molecule has 0 spiro atoms. The molecule has 0 saturated carbocycles. The summed E-state index contributed by atoms with van der Waals surface area (Å²) in [5.74, 6) is 0. The molecule has 0 aromatic heterocycles. The van der Waals surface area contributed by atoms with Gasteiger partial charge in [-0.25, -0.2) is 0 Å². The molecule has 1 atom stereocenters. The Morgan fingerprint density at radius 3 is 2.53 bits per heavy atom. The Bertz CT molecular complexity index is 545. The fraction of sp³-hybridized carbons (Fsp3) is 0.333. The van der Waals surface area contributed by atoms with Crippen LogP contribution in [0.25, 0.3) is 0 Å². The number of nitrogens with one attached hydrogen (secondary N) is 1. The first-order valence-electron chi connectivity index (χ1n) is 7.28. The average Bonchev–Trinajstić information content (AvgIpc) is 2.93. The standard InChI is InChI=1S/C18H21N/c1-2-19-18(15-7-4-3-5-8-15)17-12-11-14-9-6-10-16(14)13-17/h3-5,7-8,11-13,18-19H,2,6,9-10H2,1H3. The van der Waals surface area contributed by atoms with Gasteiger partial charge in [0.2, 0.25) is 0 Å². The van der Waals surface area contributed by atoms with Gasteiger partial charge in [0.25, 0.3) is 0 Å². The zero-order valence-electron chi connectivity index (χ0n) is 11.5. The van der Waals surface area contributed by atoms with E-state index in [1.807, 2.05) is 0 Å². The van der Waals surface area contributed by atoms with Crippen molar-refractivity contribution in [3.8, 4) is 0 Å². The molecule has 1 N–H and O–H groups in total. The number of hydrogen-bond donors (Lipinski definition) is 1. The summed E-state index contributed by atoms with van der Waals surface area (Å²) in [7, 11) is 0. The first-order chi connectivity index (χ1) is 9.38. The lowest BCUT2D eigenvalue weighted by Gasteiger charge is -2.20. The molecular formula is C18H21N. The van der Waals surface area contributed by atoms with E-state index < -0.39 is 0 Å². The van der Waals surface area contributed by atoms with Crippen LogP contribution >= 0.6 is 0 Å². The molecule has 1 aliphatic carbocycles. The van der Waals surface area contributed by atoms with Crippen LogP contribution in [0.15, 0.2) is 48.5 Å². The maximum Gasteiger partial charge on any atom is 0.0576 e. The highest BCUT2D eigenvalue weighted by atomic mass is 14.9.